The van der Waals surface area contributed by atoms with Gasteiger partial charge >= 0.3 is 0 Å². The lowest BCUT2D eigenvalue weighted by molar-refractivity contribution is 1.49. The van der Waals surface area contributed by atoms with E-state index in [-0.39, 0.29) is 0 Å². The van der Waals surface area contributed by atoms with Crippen molar-refractivity contribution >= 4 is 38.9 Å². The summed E-state index contributed by atoms with van der Waals surface area (Å²) in [5.41, 5.74) is 0.546. The van der Waals surface area contributed by atoms with Gasteiger partial charge in [0, 0.05) is 4.88 Å². The van der Waals surface area contributed by atoms with Gasteiger partial charge in [0.05, 0.1) is 14.4 Å². The van der Waals surface area contributed by atoms with Crippen molar-refractivity contribution in [3.8, 4) is 6.07 Å². The number of nitriles is 1. The first-order valence-electron chi connectivity index (χ1n) is 2.51. The van der Waals surface area contributed by atoms with Gasteiger partial charge in [-0.25, -0.2) is 0 Å². The molecule has 0 radical (unpaired) electrons. The molecule has 52 valence electrons. The van der Waals surface area contributed by atoms with Gasteiger partial charge in [-0.1, -0.05) is 11.6 Å². The van der Waals surface area contributed by atoms with Crippen molar-refractivity contribution in [3.05, 3.63) is 19.2 Å². The highest BCUT2D eigenvalue weighted by atomic mass is 79.9. The fourth-order valence-corrected chi connectivity index (χ4v) is 2.73. The van der Waals surface area contributed by atoms with Gasteiger partial charge in [0.15, 0.2) is 0 Å². The molecule has 0 saturated carbocycles. The Morgan fingerprint density at radius 2 is 2.30 bits per heavy atom. The lowest BCUT2D eigenvalue weighted by atomic mass is 10.3. The van der Waals surface area contributed by atoms with Crippen LogP contribution in [-0.4, -0.2) is 0 Å². The summed E-state index contributed by atoms with van der Waals surface area (Å²) in [6, 6.07) is 2.02. The Morgan fingerprint density at radius 3 is 2.50 bits per heavy atom. The topological polar surface area (TPSA) is 23.8 Å². The number of halogens is 2. The van der Waals surface area contributed by atoms with Crippen molar-refractivity contribution in [2.75, 3.05) is 0 Å². The van der Waals surface area contributed by atoms with Crippen molar-refractivity contribution in [2.24, 2.45) is 0 Å². The maximum absolute atomic E-state index is 8.55. The van der Waals surface area contributed by atoms with Crippen LogP contribution in [0.3, 0.4) is 0 Å². The molecule has 1 aromatic heterocycles. The number of nitrogens with zero attached hydrogens (tertiary/aromatic N) is 1. The van der Waals surface area contributed by atoms with Gasteiger partial charge in [-0.15, -0.1) is 11.3 Å². The van der Waals surface area contributed by atoms with Crippen LogP contribution in [0.4, 0.5) is 0 Å². The third kappa shape index (κ3) is 1.20. The summed E-state index contributed by atoms with van der Waals surface area (Å²) in [7, 11) is 0. The smallest absolute Gasteiger partial charge is 0.103 e. The molecule has 1 aromatic rings. The summed E-state index contributed by atoms with van der Waals surface area (Å²) >= 11 is 10.5. The van der Waals surface area contributed by atoms with E-state index < -0.39 is 0 Å². The zero-order valence-electron chi connectivity index (χ0n) is 5.11. The number of rotatable bonds is 0. The van der Waals surface area contributed by atoms with E-state index in [1.165, 1.54) is 11.3 Å². The van der Waals surface area contributed by atoms with Gasteiger partial charge in [-0.3, -0.25) is 0 Å². The van der Waals surface area contributed by atoms with Gasteiger partial charge in [-0.2, -0.15) is 5.26 Å². The van der Waals surface area contributed by atoms with Crippen molar-refractivity contribution < 1.29 is 0 Å². The van der Waals surface area contributed by atoms with Crippen molar-refractivity contribution in [2.45, 2.75) is 6.92 Å². The molecule has 0 atom stereocenters. The molecule has 0 aliphatic carbocycles. The quantitative estimate of drug-likeness (QED) is 0.678. The molecule has 0 fully saturated rings. The summed E-state index contributed by atoms with van der Waals surface area (Å²) < 4.78 is 0.817. The molecule has 0 bridgehead atoms. The summed E-state index contributed by atoms with van der Waals surface area (Å²) in [4.78, 5) is 0.977. The molecular weight excluding hydrogens is 233 g/mol. The first kappa shape index (κ1) is 8.06. The summed E-state index contributed by atoms with van der Waals surface area (Å²) in [6.07, 6.45) is 0. The predicted molar refractivity (Wildman–Crippen MR) is 46.5 cm³/mol. The van der Waals surface area contributed by atoms with Crippen LogP contribution >= 0.6 is 38.9 Å². The van der Waals surface area contributed by atoms with E-state index in [4.69, 9.17) is 16.9 Å². The Morgan fingerprint density at radius 1 is 1.70 bits per heavy atom. The highest BCUT2D eigenvalue weighted by molar-refractivity contribution is 9.11. The SMILES string of the molecule is Cc1sc(Br)c(C#N)c1Cl. The fraction of sp³-hybridized carbons (Fsp3) is 0.167. The monoisotopic (exact) mass is 235 g/mol. The molecular formula is C6H3BrClNS. The molecule has 0 aliphatic rings. The van der Waals surface area contributed by atoms with E-state index in [0.717, 1.165) is 8.66 Å². The molecule has 0 spiro atoms. The lowest BCUT2D eigenvalue weighted by Gasteiger charge is -1.82. The number of aryl methyl sites for hydroxylation is 1. The molecule has 1 nitrogen and oxygen atoms in total. The van der Waals surface area contributed by atoms with E-state index in [0.29, 0.717) is 10.6 Å². The van der Waals surface area contributed by atoms with E-state index in [9.17, 15) is 0 Å². The molecule has 0 unspecified atom stereocenters. The van der Waals surface area contributed by atoms with Gasteiger partial charge in [0.1, 0.15) is 6.07 Å². The zero-order chi connectivity index (χ0) is 7.72. The van der Waals surface area contributed by atoms with Crippen LogP contribution in [0.15, 0.2) is 3.79 Å². The highest BCUT2D eigenvalue weighted by Crippen LogP contribution is 2.35. The highest BCUT2D eigenvalue weighted by Gasteiger charge is 2.10. The lowest BCUT2D eigenvalue weighted by Crippen LogP contribution is -1.68. The number of thiophene rings is 1. The van der Waals surface area contributed by atoms with E-state index >= 15 is 0 Å². The molecule has 0 aromatic carbocycles. The Hall–Kier alpha value is -0.0400. The maximum atomic E-state index is 8.55. The van der Waals surface area contributed by atoms with Crippen LogP contribution in [0, 0.1) is 18.3 Å². The molecule has 10 heavy (non-hydrogen) atoms. The second-order valence-electron chi connectivity index (χ2n) is 1.73. The minimum atomic E-state index is 0.546. The number of hydrogen-bond donors (Lipinski definition) is 0. The third-order valence-corrected chi connectivity index (χ3v) is 3.44. The molecule has 1 heterocycles. The molecule has 0 aliphatic heterocycles. The van der Waals surface area contributed by atoms with Crippen LogP contribution in [0.25, 0.3) is 0 Å². The van der Waals surface area contributed by atoms with Crippen LogP contribution in [0.1, 0.15) is 10.4 Å². The third-order valence-electron chi connectivity index (χ3n) is 1.08. The van der Waals surface area contributed by atoms with Gasteiger partial charge in [0.2, 0.25) is 0 Å². The fourth-order valence-electron chi connectivity index (χ4n) is 0.586. The first-order chi connectivity index (χ1) is 4.66. The van der Waals surface area contributed by atoms with Crippen molar-refractivity contribution in [1.29, 1.82) is 5.26 Å². The van der Waals surface area contributed by atoms with Crippen LogP contribution in [-0.2, 0) is 0 Å². The van der Waals surface area contributed by atoms with Crippen LogP contribution in [0.2, 0.25) is 5.02 Å². The van der Waals surface area contributed by atoms with E-state index in [2.05, 4.69) is 15.9 Å². The van der Waals surface area contributed by atoms with E-state index in [1.54, 1.807) is 0 Å². The standard InChI is InChI=1S/C6H3BrClNS/c1-3-5(8)4(2-9)6(7)10-3/h1H3. The molecule has 0 saturated heterocycles. The first-order valence-corrected chi connectivity index (χ1v) is 4.50. The Balaban J connectivity index is 3.37. The molecule has 0 N–H and O–H groups in total. The summed E-state index contributed by atoms with van der Waals surface area (Å²) in [6.45, 7) is 1.89. The van der Waals surface area contributed by atoms with Gasteiger partial charge < -0.3 is 0 Å². The average Bonchev–Trinajstić information content (AvgIpc) is 2.09. The van der Waals surface area contributed by atoms with E-state index in [1.807, 2.05) is 13.0 Å². The molecule has 4 heteroatoms. The number of hydrogen-bond acceptors (Lipinski definition) is 2. The Bertz CT molecular complexity index is 299. The second-order valence-corrected chi connectivity index (χ2v) is 4.65. The minimum absolute atomic E-state index is 0.546. The Kier molecular flexibility index (Phi) is 2.35. The predicted octanol–water partition coefficient (Wildman–Crippen LogP) is 3.34. The zero-order valence-corrected chi connectivity index (χ0v) is 8.27. The average molecular weight is 237 g/mol. The minimum Gasteiger partial charge on any atom is -0.192 e. The second kappa shape index (κ2) is 2.91. The normalized spacial score (nSPS) is 9.40. The summed E-state index contributed by atoms with van der Waals surface area (Å²) in [5, 5.41) is 9.12. The van der Waals surface area contributed by atoms with Crippen LogP contribution in [0.5, 0.6) is 0 Å². The molecule has 0 amide bonds. The molecule has 1 rings (SSSR count). The summed E-state index contributed by atoms with van der Waals surface area (Å²) in [5.74, 6) is 0. The maximum Gasteiger partial charge on any atom is 0.103 e. The largest absolute Gasteiger partial charge is 0.192 e. The van der Waals surface area contributed by atoms with Crippen molar-refractivity contribution in [3.63, 3.8) is 0 Å². The van der Waals surface area contributed by atoms with Crippen molar-refractivity contribution in [1.82, 2.24) is 0 Å². The van der Waals surface area contributed by atoms with Gasteiger partial charge in [-0.05, 0) is 22.9 Å². The Labute approximate surface area is 76.4 Å². The van der Waals surface area contributed by atoms with Crippen LogP contribution < -0.4 is 0 Å². The van der Waals surface area contributed by atoms with Gasteiger partial charge in [0.25, 0.3) is 0 Å².